The van der Waals surface area contributed by atoms with Gasteiger partial charge in [0.1, 0.15) is 11.2 Å². The van der Waals surface area contributed by atoms with Gasteiger partial charge in [0, 0.05) is 23.6 Å². The maximum atomic E-state index is 14.7. The lowest BCUT2D eigenvalue weighted by atomic mass is 9.58. The molecule has 0 radical (unpaired) electrons. The molecule has 4 aromatic rings. The first-order chi connectivity index (χ1) is 17.1. The summed E-state index contributed by atoms with van der Waals surface area (Å²) < 4.78 is 5.37. The zero-order chi connectivity index (χ0) is 24.0. The van der Waals surface area contributed by atoms with Gasteiger partial charge in [-0.05, 0) is 40.5 Å². The molecule has 4 nitrogen and oxygen atoms in total. The third-order valence-corrected chi connectivity index (χ3v) is 7.47. The van der Waals surface area contributed by atoms with Gasteiger partial charge in [-0.3, -0.25) is 9.59 Å². The predicted molar refractivity (Wildman–Crippen MR) is 136 cm³/mol. The molecular weight excluding hydrogens is 434 g/mol. The Morgan fingerprint density at radius 2 is 1.46 bits per heavy atom. The Kier molecular flexibility index (Phi) is 5.03. The first-order valence-electron chi connectivity index (χ1n) is 11.9. The fourth-order valence-electron chi connectivity index (χ4n) is 5.91. The molecule has 1 spiro atoms. The van der Waals surface area contributed by atoms with E-state index < -0.39 is 5.41 Å². The molecule has 4 heteroatoms. The number of Topliss-reactive ketones (excluding diaryl/α,β-unsaturated/α-hetero) is 1. The third kappa shape index (κ3) is 3.13. The molecule has 1 aliphatic heterocycles. The van der Waals surface area contributed by atoms with Crippen molar-refractivity contribution < 1.29 is 14.3 Å². The number of benzene rings is 4. The van der Waals surface area contributed by atoms with Crippen LogP contribution in [0.1, 0.15) is 45.0 Å². The predicted octanol–water partition coefficient (Wildman–Crippen LogP) is 5.90. The van der Waals surface area contributed by atoms with Crippen LogP contribution in [0, 0.1) is 0 Å². The summed E-state index contributed by atoms with van der Waals surface area (Å²) >= 11 is 0. The van der Waals surface area contributed by atoms with E-state index in [0.29, 0.717) is 12.1 Å². The largest absolute Gasteiger partial charge is 0.497 e. The van der Waals surface area contributed by atoms with Crippen molar-refractivity contribution in [2.24, 2.45) is 0 Å². The Bertz CT molecular complexity index is 1430. The van der Waals surface area contributed by atoms with Crippen molar-refractivity contribution in [1.29, 1.82) is 0 Å². The highest BCUT2D eigenvalue weighted by atomic mass is 16.5. The molecule has 2 atom stereocenters. The summed E-state index contributed by atoms with van der Waals surface area (Å²) in [5.74, 6) is 0.501. The molecule has 0 aromatic heterocycles. The summed E-state index contributed by atoms with van der Waals surface area (Å²) in [5, 5.41) is 0. The Balaban J connectivity index is 1.61. The van der Waals surface area contributed by atoms with Crippen LogP contribution in [-0.2, 0) is 16.8 Å². The standard InChI is InChI=1S/C31H25NO3/c1-35-23-17-15-22(16-18-23)27-19-29(33)24-11-5-6-12-25(24)31(27)26-13-7-8-14-28(26)32(30(31)34)20-21-9-3-2-4-10-21/h2-18,27H,19-20H2,1H3/t27-,31-/m0/s1. The van der Waals surface area contributed by atoms with Crippen LogP contribution in [0.2, 0.25) is 0 Å². The molecule has 1 heterocycles. The van der Waals surface area contributed by atoms with Gasteiger partial charge in [0.2, 0.25) is 5.91 Å². The number of fused-ring (bicyclic) bond motifs is 4. The smallest absolute Gasteiger partial charge is 0.243 e. The molecule has 0 saturated heterocycles. The van der Waals surface area contributed by atoms with E-state index in [1.165, 1.54) is 0 Å². The van der Waals surface area contributed by atoms with Crippen molar-refractivity contribution >= 4 is 17.4 Å². The Morgan fingerprint density at radius 3 is 2.20 bits per heavy atom. The lowest BCUT2D eigenvalue weighted by Gasteiger charge is -2.41. The summed E-state index contributed by atoms with van der Waals surface area (Å²) in [7, 11) is 1.63. The van der Waals surface area contributed by atoms with Gasteiger partial charge in [0.05, 0.1) is 13.7 Å². The second-order valence-corrected chi connectivity index (χ2v) is 9.20. The van der Waals surface area contributed by atoms with Crippen molar-refractivity contribution in [3.05, 3.63) is 131 Å². The van der Waals surface area contributed by atoms with Crippen LogP contribution >= 0.6 is 0 Å². The number of ether oxygens (including phenoxy) is 1. The van der Waals surface area contributed by atoms with Crippen molar-refractivity contribution in [2.75, 3.05) is 12.0 Å². The lowest BCUT2D eigenvalue weighted by molar-refractivity contribution is -0.122. The minimum absolute atomic E-state index is 0.0170. The molecular formula is C31H25NO3. The Morgan fingerprint density at radius 1 is 0.800 bits per heavy atom. The van der Waals surface area contributed by atoms with E-state index in [1.54, 1.807) is 7.11 Å². The SMILES string of the molecule is COc1ccc([C@@H]2CC(=O)c3ccccc3[C@@]23C(=O)N(Cc2ccccc2)c2ccccc23)cc1. The van der Waals surface area contributed by atoms with E-state index in [1.807, 2.05) is 102 Å². The Hall–Kier alpha value is -4.18. The third-order valence-electron chi connectivity index (χ3n) is 7.47. The van der Waals surface area contributed by atoms with Gasteiger partial charge < -0.3 is 9.64 Å². The van der Waals surface area contributed by atoms with Crippen LogP contribution < -0.4 is 9.64 Å². The molecule has 172 valence electrons. The average Bonchev–Trinajstić information content (AvgIpc) is 3.15. The number of para-hydroxylation sites is 1. The second-order valence-electron chi connectivity index (χ2n) is 9.20. The fourth-order valence-corrected chi connectivity index (χ4v) is 5.91. The van der Waals surface area contributed by atoms with Gasteiger partial charge in [-0.15, -0.1) is 0 Å². The topological polar surface area (TPSA) is 46.6 Å². The molecule has 0 fully saturated rings. The molecule has 0 N–H and O–H groups in total. The maximum absolute atomic E-state index is 14.7. The molecule has 4 aromatic carbocycles. The molecule has 0 saturated carbocycles. The van der Waals surface area contributed by atoms with Gasteiger partial charge in [-0.2, -0.15) is 0 Å². The number of nitrogens with zero attached hydrogens (tertiary/aromatic N) is 1. The second kappa shape index (κ2) is 8.24. The van der Waals surface area contributed by atoms with Crippen molar-refractivity contribution in [3.8, 4) is 5.75 Å². The minimum Gasteiger partial charge on any atom is -0.497 e. The van der Waals surface area contributed by atoms with Gasteiger partial charge in [0.15, 0.2) is 5.78 Å². The molecule has 1 aliphatic carbocycles. The highest BCUT2D eigenvalue weighted by Crippen LogP contribution is 2.58. The average molecular weight is 460 g/mol. The summed E-state index contributed by atoms with van der Waals surface area (Å²) in [6.45, 7) is 0.476. The number of anilines is 1. The first kappa shape index (κ1) is 21.4. The summed E-state index contributed by atoms with van der Waals surface area (Å²) in [4.78, 5) is 30.0. The fraction of sp³-hybridized carbons (Fsp3) is 0.161. The zero-order valence-corrected chi connectivity index (χ0v) is 19.5. The van der Waals surface area contributed by atoms with E-state index in [9.17, 15) is 9.59 Å². The summed E-state index contributed by atoms with van der Waals surface area (Å²) in [6.07, 6.45) is 0.266. The number of hydrogen-bond donors (Lipinski definition) is 0. The molecule has 0 bridgehead atoms. The van der Waals surface area contributed by atoms with Gasteiger partial charge in [0.25, 0.3) is 0 Å². The van der Waals surface area contributed by atoms with Crippen molar-refractivity contribution in [3.63, 3.8) is 0 Å². The van der Waals surface area contributed by atoms with Crippen molar-refractivity contribution in [2.45, 2.75) is 24.3 Å². The van der Waals surface area contributed by atoms with Gasteiger partial charge in [-0.25, -0.2) is 0 Å². The van der Waals surface area contributed by atoms with E-state index in [-0.39, 0.29) is 24.0 Å². The number of methoxy groups -OCH3 is 1. The zero-order valence-electron chi connectivity index (χ0n) is 19.5. The maximum Gasteiger partial charge on any atom is 0.243 e. The number of rotatable bonds is 4. The van der Waals surface area contributed by atoms with Crippen LogP contribution in [0.25, 0.3) is 0 Å². The number of amides is 1. The quantitative estimate of drug-likeness (QED) is 0.382. The van der Waals surface area contributed by atoms with Crippen molar-refractivity contribution in [1.82, 2.24) is 0 Å². The highest BCUT2D eigenvalue weighted by Gasteiger charge is 2.60. The lowest BCUT2D eigenvalue weighted by Crippen LogP contribution is -2.49. The first-order valence-corrected chi connectivity index (χ1v) is 11.9. The molecule has 6 rings (SSSR count). The van der Waals surface area contributed by atoms with Crippen LogP contribution in [0.4, 0.5) is 5.69 Å². The van der Waals surface area contributed by atoms with Crippen LogP contribution in [0.5, 0.6) is 5.75 Å². The molecule has 1 amide bonds. The van der Waals surface area contributed by atoms with E-state index >= 15 is 0 Å². The Labute approximate surface area is 204 Å². The van der Waals surface area contributed by atoms with Crippen LogP contribution in [0.3, 0.4) is 0 Å². The number of hydrogen-bond acceptors (Lipinski definition) is 3. The number of ketones is 1. The number of carbonyl (C=O) groups is 2. The molecule has 2 aliphatic rings. The van der Waals surface area contributed by atoms with E-state index in [4.69, 9.17) is 4.74 Å². The number of carbonyl (C=O) groups excluding carboxylic acids is 2. The van der Waals surface area contributed by atoms with Gasteiger partial charge >= 0.3 is 0 Å². The van der Waals surface area contributed by atoms with E-state index in [0.717, 1.165) is 33.7 Å². The van der Waals surface area contributed by atoms with Gasteiger partial charge in [-0.1, -0.05) is 84.9 Å². The summed E-state index contributed by atoms with van der Waals surface area (Å²) in [5.41, 5.74) is 4.34. The molecule has 0 unspecified atom stereocenters. The highest BCUT2D eigenvalue weighted by molar-refractivity contribution is 6.15. The normalized spacial score (nSPS) is 20.6. The summed E-state index contributed by atoms with van der Waals surface area (Å²) in [6, 6.07) is 33.5. The van der Waals surface area contributed by atoms with Crippen LogP contribution in [0.15, 0.2) is 103 Å². The van der Waals surface area contributed by atoms with Crippen LogP contribution in [-0.4, -0.2) is 18.8 Å². The molecule has 35 heavy (non-hydrogen) atoms. The monoisotopic (exact) mass is 459 g/mol. The van der Waals surface area contributed by atoms with E-state index in [2.05, 4.69) is 6.07 Å². The minimum atomic E-state index is -0.982.